The molecule has 0 bridgehead atoms. The topological polar surface area (TPSA) is 136 Å². The summed E-state index contributed by atoms with van der Waals surface area (Å²) >= 11 is 9.61. The molecule has 2 heterocycles. The van der Waals surface area contributed by atoms with Crippen molar-refractivity contribution in [2.24, 2.45) is 5.10 Å². The summed E-state index contributed by atoms with van der Waals surface area (Å²) in [7, 11) is 2.73. The van der Waals surface area contributed by atoms with Crippen molar-refractivity contribution in [3.05, 3.63) is 78.3 Å². The number of furan rings is 1. The van der Waals surface area contributed by atoms with Gasteiger partial charge in [-0.05, 0) is 53.2 Å². The van der Waals surface area contributed by atoms with Crippen molar-refractivity contribution in [3.8, 4) is 17.4 Å². The number of nitrogens with zero attached hydrogens (tertiary/aromatic N) is 3. The van der Waals surface area contributed by atoms with Gasteiger partial charge in [-0.25, -0.2) is 10.2 Å². The number of hydrogen-bond donors (Lipinski definition) is 1. The zero-order chi connectivity index (χ0) is 26.4. The number of methoxy groups -OCH3 is 2. The fourth-order valence-corrected chi connectivity index (χ4v) is 4.06. The number of aromatic nitrogens is 1. The monoisotopic (exact) mass is 574 g/mol. The summed E-state index contributed by atoms with van der Waals surface area (Å²) < 4.78 is 17.2. The number of pyridine rings is 1. The molecule has 1 amide bonds. The number of carbonyl (C=O) groups excluding carboxylic acids is 2. The lowest BCUT2D eigenvalue weighted by Gasteiger charge is -2.15. The number of amides is 1. The molecule has 0 saturated carbocycles. The predicted molar refractivity (Wildman–Crippen MR) is 135 cm³/mol. The fraction of sp³-hybridized carbons (Fsp3) is 0.208. The highest BCUT2D eigenvalue weighted by Gasteiger charge is 2.19. The van der Waals surface area contributed by atoms with Gasteiger partial charge >= 0.3 is 5.97 Å². The van der Waals surface area contributed by atoms with Crippen LogP contribution in [-0.4, -0.2) is 36.9 Å². The second-order valence-corrected chi connectivity index (χ2v) is 8.57. The molecule has 0 fully saturated rings. The van der Waals surface area contributed by atoms with Crippen LogP contribution in [0.5, 0.6) is 0 Å². The Balaban J connectivity index is 1.74. The highest BCUT2D eigenvalue weighted by molar-refractivity contribution is 9.10. The molecule has 0 unspecified atom stereocenters. The molecule has 36 heavy (non-hydrogen) atoms. The van der Waals surface area contributed by atoms with Gasteiger partial charge in [-0.1, -0.05) is 11.6 Å². The van der Waals surface area contributed by atoms with Crippen molar-refractivity contribution >= 4 is 45.6 Å². The van der Waals surface area contributed by atoms with Gasteiger partial charge in [-0.15, -0.1) is 0 Å². The van der Waals surface area contributed by atoms with Crippen LogP contribution in [0, 0.1) is 18.3 Å². The Morgan fingerprint density at radius 2 is 2.06 bits per heavy atom. The van der Waals surface area contributed by atoms with E-state index in [9.17, 15) is 19.6 Å². The number of ether oxygens (including phenoxy) is 2. The smallest absolute Gasteiger partial charge is 0.337 e. The molecule has 0 spiro atoms. The molecule has 1 aromatic carbocycles. The SMILES string of the molecule is COCc1c(Br)c(C)n(CC(=O)N/N=C/c2ccc(-c3cc(C(=O)OC)ccc3Cl)o2)c(=O)c1C#N. The maximum atomic E-state index is 12.7. The van der Waals surface area contributed by atoms with E-state index in [0.29, 0.717) is 43.4 Å². The predicted octanol–water partition coefficient (Wildman–Crippen LogP) is 3.79. The maximum absolute atomic E-state index is 12.7. The summed E-state index contributed by atoms with van der Waals surface area (Å²) in [5.74, 6) is -0.421. The summed E-state index contributed by atoms with van der Waals surface area (Å²) in [6, 6.07) is 9.75. The zero-order valence-corrected chi connectivity index (χ0v) is 21.8. The quantitative estimate of drug-likeness (QED) is 0.245. The van der Waals surface area contributed by atoms with Crippen molar-refractivity contribution < 1.29 is 23.5 Å². The molecule has 0 saturated heterocycles. The van der Waals surface area contributed by atoms with Crippen LogP contribution in [0.1, 0.15) is 32.9 Å². The van der Waals surface area contributed by atoms with E-state index >= 15 is 0 Å². The summed E-state index contributed by atoms with van der Waals surface area (Å²) in [6.07, 6.45) is 1.27. The third kappa shape index (κ3) is 5.73. The number of nitriles is 1. The largest absolute Gasteiger partial charge is 0.465 e. The number of rotatable bonds is 8. The molecular weight excluding hydrogens is 556 g/mol. The number of esters is 1. The van der Waals surface area contributed by atoms with E-state index in [1.807, 2.05) is 6.07 Å². The van der Waals surface area contributed by atoms with E-state index in [-0.39, 0.29) is 18.7 Å². The summed E-state index contributed by atoms with van der Waals surface area (Å²) in [4.78, 5) is 37.0. The third-order valence-corrected chi connectivity index (χ3v) is 6.49. The molecule has 12 heteroatoms. The number of carbonyl (C=O) groups is 2. The molecule has 2 aromatic heterocycles. The first-order valence-electron chi connectivity index (χ1n) is 10.3. The number of nitrogens with one attached hydrogen (secondary N) is 1. The molecule has 0 aliphatic rings. The van der Waals surface area contributed by atoms with Gasteiger partial charge < -0.3 is 18.5 Å². The van der Waals surface area contributed by atoms with Gasteiger partial charge in [0.1, 0.15) is 29.7 Å². The van der Waals surface area contributed by atoms with Crippen LogP contribution in [0.15, 0.2) is 49.1 Å². The highest BCUT2D eigenvalue weighted by atomic mass is 79.9. The Morgan fingerprint density at radius 1 is 1.31 bits per heavy atom. The first-order chi connectivity index (χ1) is 17.2. The normalized spacial score (nSPS) is 10.9. The zero-order valence-electron chi connectivity index (χ0n) is 19.4. The van der Waals surface area contributed by atoms with E-state index in [2.05, 4.69) is 26.5 Å². The molecule has 3 aromatic rings. The lowest BCUT2D eigenvalue weighted by Crippen LogP contribution is -2.33. The van der Waals surface area contributed by atoms with Crippen LogP contribution < -0.4 is 11.0 Å². The molecule has 0 radical (unpaired) electrons. The Morgan fingerprint density at radius 3 is 2.72 bits per heavy atom. The standard InChI is InChI=1S/C24H20BrClN4O6/c1-13-22(25)18(12-34-2)17(9-27)23(32)30(13)11-21(31)29-28-10-15-5-7-20(36-15)16-8-14(24(33)35-3)4-6-19(16)26/h4-8,10H,11-12H2,1-3H3,(H,29,31)/b28-10+. The molecule has 10 nitrogen and oxygen atoms in total. The van der Waals surface area contributed by atoms with Crippen molar-refractivity contribution in [2.45, 2.75) is 20.1 Å². The molecular formula is C24H20BrClN4O6. The first kappa shape index (κ1) is 26.9. The van der Waals surface area contributed by atoms with Crippen LogP contribution in [0.2, 0.25) is 5.02 Å². The minimum absolute atomic E-state index is 0.0697. The van der Waals surface area contributed by atoms with E-state index in [1.54, 1.807) is 31.2 Å². The number of halogens is 2. The third-order valence-electron chi connectivity index (χ3n) is 5.11. The van der Waals surface area contributed by atoms with Gasteiger partial charge in [0.05, 0.1) is 30.5 Å². The van der Waals surface area contributed by atoms with Crippen molar-refractivity contribution in [3.63, 3.8) is 0 Å². The highest BCUT2D eigenvalue weighted by Crippen LogP contribution is 2.30. The lowest BCUT2D eigenvalue weighted by atomic mass is 10.1. The van der Waals surface area contributed by atoms with Crippen LogP contribution in [-0.2, 0) is 27.4 Å². The molecule has 3 rings (SSSR count). The second-order valence-electron chi connectivity index (χ2n) is 7.37. The number of hydrazone groups is 1. The summed E-state index contributed by atoms with van der Waals surface area (Å²) in [5, 5.41) is 13.6. The molecule has 1 N–H and O–H groups in total. The molecule has 0 aliphatic heterocycles. The second kappa shape index (κ2) is 11.8. The van der Waals surface area contributed by atoms with Crippen LogP contribution >= 0.6 is 27.5 Å². The van der Waals surface area contributed by atoms with Gasteiger partial charge in [0.2, 0.25) is 0 Å². The van der Waals surface area contributed by atoms with Crippen LogP contribution in [0.3, 0.4) is 0 Å². The average Bonchev–Trinajstić information content (AvgIpc) is 3.33. The summed E-state index contributed by atoms with van der Waals surface area (Å²) in [6.45, 7) is 1.36. The Bertz CT molecular complexity index is 1450. The van der Waals surface area contributed by atoms with Gasteiger partial charge in [0, 0.05) is 28.4 Å². The van der Waals surface area contributed by atoms with E-state index < -0.39 is 17.4 Å². The maximum Gasteiger partial charge on any atom is 0.337 e. The van der Waals surface area contributed by atoms with Crippen molar-refractivity contribution in [1.29, 1.82) is 5.26 Å². The van der Waals surface area contributed by atoms with Crippen molar-refractivity contribution in [1.82, 2.24) is 9.99 Å². The molecule has 0 aliphatic carbocycles. The molecule has 0 atom stereocenters. The minimum atomic E-state index is -0.605. The lowest BCUT2D eigenvalue weighted by molar-refractivity contribution is -0.121. The van der Waals surface area contributed by atoms with Gasteiger partial charge in [0.25, 0.3) is 11.5 Å². The average molecular weight is 576 g/mol. The first-order valence-corrected chi connectivity index (χ1v) is 11.5. The Labute approximate surface area is 219 Å². The van der Waals surface area contributed by atoms with Gasteiger partial charge in [-0.3, -0.25) is 9.59 Å². The van der Waals surface area contributed by atoms with E-state index in [0.717, 1.165) is 0 Å². The van der Waals surface area contributed by atoms with Gasteiger partial charge in [0.15, 0.2) is 0 Å². The fourth-order valence-electron chi connectivity index (χ4n) is 3.32. The van der Waals surface area contributed by atoms with Gasteiger partial charge in [-0.2, -0.15) is 10.4 Å². The number of benzene rings is 1. The minimum Gasteiger partial charge on any atom is -0.465 e. The number of hydrogen-bond acceptors (Lipinski definition) is 8. The molecule has 186 valence electrons. The Hall–Kier alpha value is -3.72. The van der Waals surface area contributed by atoms with Crippen LogP contribution in [0.4, 0.5) is 0 Å². The van der Waals surface area contributed by atoms with Crippen LogP contribution in [0.25, 0.3) is 11.3 Å². The van der Waals surface area contributed by atoms with E-state index in [4.69, 9.17) is 25.5 Å². The Kier molecular flexibility index (Phi) is 8.82. The summed E-state index contributed by atoms with van der Waals surface area (Å²) in [5.41, 5.74) is 3.28. The van der Waals surface area contributed by atoms with E-state index in [1.165, 1.54) is 31.1 Å². The van der Waals surface area contributed by atoms with Crippen molar-refractivity contribution in [2.75, 3.05) is 14.2 Å².